The van der Waals surface area contributed by atoms with Crippen LogP contribution in [0, 0.1) is 0 Å². The zero-order valence-electron chi connectivity index (χ0n) is 17.5. The highest BCUT2D eigenvalue weighted by Crippen LogP contribution is 2.32. The quantitative estimate of drug-likeness (QED) is 0.712. The van der Waals surface area contributed by atoms with Gasteiger partial charge in [0.25, 0.3) is 15.9 Å². The minimum Gasteiger partial charge on any atom is -0.351 e. The summed E-state index contributed by atoms with van der Waals surface area (Å²) in [6.45, 7) is 3.82. The van der Waals surface area contributed by atoms with E-state index >= 15 is 0 Å². The number of nitrogens with one attached hydrogen (secondary N) is 1. The number of hydrogen-bond acceptors (Lipinski definition) is 4. The molecular weight excluding hydrogens is 434 g/mol. The van der Waals surface area contributed by atoms with Gasteiger partial charge in [0.05, 0.1) is 21.2 Å². The number of aryl methyl sites for hydroxylation is 1. The zero-order valence-corrected chi connectivity index (χ0v) is 19.1. The molecule has 0 aliphatic carbocycles. The maximum absolute atomic E-state index is 13.4. The Kier molecular flexibility index (Phi) is 6.84. The van der Waals surface area contributed by atoms with Gasteiger partial charge in [0.2, 0.25) is 0 Å². The Balaban J connectivity index is 1.51. The Morgan fingerprint density at radius 1 is 1.00 bits per heavy atom. The van der Waals surface area contributed by atoms with Crippen LogP contribution in [-0.2, 0) is 16.4 Å². The number of benzene rings is 2. The number of hydrogen-bond donors (Lipinski definition) is 1. The molecule has 0 bridgehead atoms. The van der Waals surface area contributed by atoms with E-state index in [2.05, 4.69) is 10.2 Å². The predicted molar refractivity (Wildman–Crippen MR) is 123 cm³/mol. The van der Waals surface area contributed by atoms with Gasteiger partial charge in [0.15, 0.2) is 0 Å². The second-order valence-electron chi connectivity index (χ2n) is 8.11. The van der Waals surface area contributed by atoms with Gasteiger partial charge in [-0.2, -0.15) is 0 Å². The molecule has 31 heavy (non-hydrogen) atoms. The van der Waals surface area contributed by atoms with Crippen molar-refractivity contribution in [1.29, 1.82) is 0 Å². The van der Waals surface area contributed by atoms with Crippen LogP contribution in [0.25, 0.3) is 0 Å². The fourth-order valence-electron chi connectivity index (χ4n) is 4.32. The Morgan fingerprint density at radius 2 is 1.77 bits per heavy atom. The molecule has 1 saturated heterocycles. The summed E-state index contributed by atoms with van der Waals surface area (Å²) in [7, 11) is -3.80. The van der Waals surface area contributed by atoms with Crippen LogP contribution in [0.4, 0.5) is 5.69 Å². The van der Waals surface area contributed by atoms with Crippen LogP contribution in [0.3, 0.4) is 0 Å². The van der Waals surface area contributed by atoms with Crippen LogP contribution in [0.5, 0.6) is 0 Å². The van der Waals surface area contributed by atoms with Crippen LogP contribution < -0.4 is 9.62 Å². The fraction of sp³-hybridized carbons (Fsp3) is 0.435. The summed E-state index contributed by atoms with van der Waals surface area (Å²) in [4.78, 5) is 15.2. The maximum atomic E-state index is 13.4. The van der Waals surface area contributed by atoms with Crippen molar-refractivity contribution in [2.75, 3.05) is 37.0 Å². The summed E-state index contributed by atoms with van der Waals surface area (Å²) < 4.78 is 28.2. The fourth-order valence-corrected chi connectivity index (χ4v) is 6.09. The highest BCUT2D eigenvalue weighted by Gasteiger charge is 2.30. The van der Waals surface area contributed by atoms with Gasteiger partial charge < -0.3 is 10.2 Å². The van der Waals surface area contributed by atoms with E-state index in [0.29, 0.717) is 18.8 Å². The van der Waals surface area contributed by atoms with Crippen molar-refractivity contribution in [1.82, 2.24) is 10.2 Å². The lowest BCUT2D eigenvalue weighted by Gasteiger charge is -2.30. The third-order valence-corrected chi connectivity index (χ3v) is 8.14. The molecule has 4 rings (SSSR count). The topological polar surface area (TPSA) is 69.7 Å². The largest absolute Gasteiger partial charge is 0.351 e. The number of para-hydroxylation sites is 1. The highest BCUT2D eigenvalue weighted by molar-refractivity contribution is 7.92. The number of piperidine rings is 1. The molecule has 1 amide bonds. The predicted octanol–water partition coefficient (Wildman–Crippen LogP) is 3.70. The Morgan fingerprint density at radius 3 is 2.58 bits per heavy atom. The van der Waals surface area contributed by atoms with Crippen LogP contribution in [-0.4, -0.2) is 51.9 Å². The number of carbonyl (C=O) groups is 1. The van der Waals surface area contributed by atoms with E-state index in [0.717, 1.165) is 38.0 Å². The number of sulfonamides is 1. The van der Waals surface area contributed by atoms with Crippen LogP contribution in [0.1, 0.15) is 41.6 Å². The first kappa shape index (κ1) is 22.1. The molecule has 0 saturated carbocycles. The number of nitrogens with zero attached hydrogens (tertiary/aromatic N) is 2. The van der Waals surface area contributed by atoms with E-state index in [1.807, 2.05) is 24.3 Å². The molecule has 2 aromatic rings. The normalized spacial score (nSPS) is 17.3. The van der Waals surface area contributed by atoms with Crippen LogP contribution in [0.15, 0.2) is 47.4 Å². The molecule has 2 aliphatic heterocycles. The molecule has 166 valence electrons. The first-order valence-corrected chi connectivity index (χ1v) is 12.7. The molecule has 8 heteroatoms. The Hall–Kier alpha value is -2.09. The number of anilines is 1. The number of likely N-dealkylation sites (tertiary alicyclic amines) is 1. The van der Waals surface area contributed by atoms with Crippen molar-refractivity contribution in [2.45, 2.75) is 37.0 Å². The van der Waals surface area contributed by atoms with E-state index in [1.165, 1.54) is 41.8 Å². The minimum atomic E-state index is -3.80. The zero-order chi connectivity index (χ0) is 21.8. The third kappa shape index (κ3) is 4.89. The first-order valence-electron chi connectivity index (χ1n) is 10.9. The summed E-state index contributed by atoms with van der Waals surface area (Å²) in [6.07, 6.45) is 5.26. The van der Waals surface area contributed by atoms with E-state index in [9.17, 15) is 13.2 Å². The second kappa shape index (κ2) is 9.59. The lowest BCUT2D eigenvalue weighted by atomic mass is 10.0. The number of amides is 1. The van der Waals surface area contributed by atoms with Crippen molar-refractivity contribution in [3.63, 3.8) is 0 Å². The highest BCUT2D eigenvalue weighted by atomic mass is 35.5. The molecule has 0 radical (unpaired) electrons. The van der Waals surface area contributed by atoms with Gasteiger partial charge in [-0.1, -0.05) is 36.2 Å². The molecule has 2 aliphatic rings. The maximum Gasteiger partial charge on any atom is 0.264 e. The van der Waals surface area contributed by atoms with E-state index in [-0.39, 0.29) is 21.4 Å². The van der Waals surface area contributed by atoms with E-state index in [4.69, 9.17) is 11.6 Å². The molecule has 1 N–H and O–H groups in total. The van der Waals surface area contributed by atoms with Crippen LogP contribution >= 0.6 is 11.6 Å². The molecular formula is C23H28ClN3O3S. The van der Waals surface area contributed by atoms with Gasteiger partial charge in [-0.15, -0.1) is 0 Å². The number of rotatable bonds is 6. The smallest absolute Gasteiger partial charge is 0.264 e. The molecule has 0 unspecified atom stereocenters. The van der Waals surface area contributed by atoms with Crippen LogP contribution in [0.2, 0.25) is 5.02 Å². The standard InChI is InChI=1S/C23H28ClN3O3S/c24-21-11-10-19(17-20(21)23(28)25-12-16-26-13-4-1-5-14-26)31(29,30)27-15-6-8-18-7-2-3-9-22(18)27/h2-3,7,9-11,17H,1,4-6,8,12-16H2,(H,25,28). The number of carbonyl (C=O) groups excluding carboxylic acids is 1. The van der Waals surface area contributed by atoms with Crippen molar-refractivity contribution in [2.24, 2.45) is 0 Å². The monoisotopic (exact) mass is 461 g/mol. The van der Waals surface area contributed by atoms with Crippen molar-refractivity contribution in [3.05, 3.63) is 58.6 Å². The molecule has 6 nitrogen and oxygen atoms in total. The summed E-state index contributed by atoms with van der Waals surface area (Å²) in [5, 5.41) is 3.13. The average Bonchev–Trinajstić information content (AvgIpc) is 2.79. The molecule has 2 heterocycles. The molecule has 0 atom stereocenters. The summed E-state index contributed by atoms with van der Waals surface area (Å²) in [5.41, 5.74) is 1.91. The third-order valence-electron chi connectivity index (χ3n) is 6.00. The Bertz CT molecular complexity index is 1050. The van der Waals surface area contributed by atoms with Gasteiger partial charge in [0.1, 0.15) is 0 Å². The van der Waals surface area contributed by atoms with E-state index in [1.54, 1.807) is 0 Å². The van der Waals surface area contributed by atoms with Gasteiger partial charge in [-0.05, 0) is 68.6 Å². The van der Waals surface area contributed by atoms with Crippen molar-refractivity contribution in [3.8, 4) is 0 Å². The number of fused-ring (bicyclic) bond motifs is 1. The number of halogens is 1. The summed E-state index contributed by atoms with van der Waals surface area (Å²) in [6, 6.07) is 11.9. The lowest BCUT2D eigenvalue weighted by molar-refractivity contribution is 0.0946. The molecule has 2 aromatic carbocycles. The Labute approximate surface area is 189 Å². The summed E-state index contributed by atoms with van der Waals surface area (Å²) >= 11 is 6.26. The summed E-state index contributed by atoms with van der Waals surface area (Å²) in [5.74, 6) is -0.349. The SMILES string of the molecule is O=C(NCCN1CCCCC1)c1cc(S(=O)(=O)N2CCCc3ccccc32)ccc1Cl. The lowest BCUT2D eigenvalue weighted by Crippen LogP contribution is -2.38. The minimum absolute atomic E-state index is 0.0785. The van der Waals surface area contributed by atoms with Gasteiger partial charge in [-0.25, -0.2) is 8.42 Å². The van der Waals surface area contributed by atoms with Gasteiger partial charge >= 0.3 is 0 Å². The molecule has 0 spiro atoms. The second-order valence-corrected chi connectivity index (χ2v) is 10.4. The first-order chi connectivity index (χ1) is 15.0. The average molecular weight is 462 g/mol. The van der Waals surface area contributed by atoms with Gasteiger partial charge in [0, 0.05) is 19.6 Å². The van der Waals surface area contributed by atoms with Crippen molar-refractivity contribution < 1.29 is 13.2 Å². The van der Waals surface area contributed by atoms with Gasteiger partial charge in [-0.3, -0.25) is 9.10 Å². The van der Waals surface area contributed by atoms with Crippen molar-refractivity contribution >= 4 is 33.2 Å². The molecule has 1 fully saturated rings. The van der Waals surface area contributed by atoms with E-state index < -0.39 is 10.0 Å². The molecule has 0 aromatic heterocycles.